The molecule has 5 rings (SSSR count). The van der Waals surface area contributed by atoms with E-state index in [1.165, 1.54) is 30.6 Å². The van der Waals surface area contributed by atoms with Gasteiger partial charge in [-0.3, -0.25) is 4.79 Å². The van der Waals surface area contributed by atoms with E-state index in [9.17, 15) is 4.79 Å². The zero-order valence-electron chi connectivity index (χ0n) is 13.1. The molecule has 1 heterocycles. The fourth-order valence-electron chi connectivity index (χ4n) is 6.53. The van der Waals surface area contributed by atoms with Gasteiger partial charge >= 0.3 is 0 Å². The number of aryl methyl sites for hydroxylation is 1. The van der Waals surface area contributed by atoms with Crippen molar-refractivity contribution in [3.63, 3.8) is 0 Å². The van der Waals surface area contributed by atoms with Crippen LogP contribution in [0.3, 0.4) is 0 Å². The predicted octanol–water partition coefficient (Wildman–Crippen LogP) is 5.89. The van der Waals surface area contributed by atoms with Gasteiger partial charge in [0.15, 0.2) is 5.78 Å². The van der Waals surface area contributed by atoms with Gasteiger partial charge in [0.05, 0.1) is 9.21 Å². The van der Waals surface area contributed by atoms with E-state index in [4.69, 9.17) is 11.6 Å². The third-order valence-corrected chi connectivity index (χ3v) is 7.74. The monoisotopic (exact) mass is 322 g/mol. The maximum Gasteiger partial charge on any atom is 0.179 e. The van der Waals surface area contributed by atoms with Crippen molar-refractivity contribution in [2.45, 2.75) is 59.3 Å². The topological polar surface area (TPSA) is 17.1 Å². The normalized spacial score (nSPS) is 44.3. The number of thiophene rings is 1. The Labute approximate surface area is 136 Å². The first-order chi connectivity index (χ1) is 9.73. The smallest absolute Gasteiger partial charge is 0.179 e. The Morgan fingerprint density at radius 2 is 1.81 bits per heavy atom. The van der Waals surface area contributed by atoms with Crippen LogP contribution in [0.25, 0.3) is 0 Å². The molecule has 4 bridgehead atoms. The lowest BCUT2D eigenvalue weighted by Gasteiger charge is -2.64. The number of carbonyl (C=O) groups excluding carboxylic acids is 1. The number of carbonyl (C=O) groups is 1. The second-order valence-electron chi connectivity index (χ2n) is 8.81. The average molecular weight is 323 g/mol. The first-order valence-electron chi connectivity index (χ1n) is 8.04. The van der Waals surface area contributed by atoms with E-state index in [0.29, 0.717) is 16.6 Å². The van der Waals surface area contributed by atoms with Crippen molar-refractivity contribution in [1.82, 2.24) is 0 Å². The molecule has 4 aliphatic carbocycles. The summed E-state index contributed by atoms with van der Waals surface area (Å²) in [5.41, 5.74) is 1.73. The molecule has 4 saturated carbocycles. The van der Waals surface area contributed by atoms with Crippen LogP contribution in [0.2, 0.25) is 4.34 Å². The van der Waals surface area contributed by atoms with Gasteiger partial charge in [-0.15, -0.1) is 11.3 Å². The Morgan fingerprint density at radius 3 is 2.29 bits per heavy atom. The molecule has 0 saturated heterocycles. The molecule has 2 atom stereocenters. The molecule has 0 aliphatic heterocycles. The summed E-state index contributed by atoms with van der Waals surface area (Å²) in [7, 11) is 0. The van der Waals surface area contributed by atoms with Crippen LogP contribution in [0.4, 0.5) is 0 Å². The summed E-state index contributed by atoms with van der Waals surface area (Å²) in [6.07, 6.45) is 7.30. The summed E-state index contributed by atoms with van der Waals surface area (Å²) in [6, 6.07) is 2.01. The van der Waals surface area contributed by atoms with Crippen molar-refractivity contribution < 1.29 is 4.79 Å². The highest BCUT2D eigenvalue weighted by Gasteiger charge is 2.62. The SMILES string of the molecule is Cc1cc(C(=O)C23CC4CC(C)(CC(C)(C4)C2)C3)sc1Cl. The Hall–Kier alpha value is -0.340. The predicted molar refractivity (Wildman–Crippen MR) is 88.2 cm³/mol. The zero-order chi connectivity index (χ0) is 15.0. The van der Waals surface area contributed by atoms with Gasteiger partial charge < -0.3 is 0 Å². The van der Waals surface area contributed by atoms with Gasteiger partial charge in [0.2, 0.25) is 0 Å². The summed E-state index contributed by atoms with van der Waals surface area (Å²) in [5, 5.41) is 0. The zero-order valence-corrected chi connectivity index (χ0v) is 14.7. The summed E-state index contributed by atoms with van der Waals surface area (Å²) < 4.78 is 0.778. The van der Waals surface area contributed by atoms with E-state index in [2.05, 4.69) is 13.8 Å². The van der Waals surface area contributed by atoms with Gasteiger partial charge in [0.1, 0.15) is 0 Å². The van der Waals surface area contributed by atoms with Crippen LogP contribution in [0.15, 0.2) is 6.07 Å². The Bertz CT molecular complexity index is 594. The Morgan fingerprint density at radius 1 is 1.19 bits per heavy atom. The second kappa shape index (κ2) is 4.14. The summed E-state index contributed by atoms with van der Waals surface area (Å²) >= 11 is 7.69. The fraction of sp³-hybridized carbons (Fsp3) is 0.722. The fourth-order valence-corrected chi connectivity index (χ4v) is 7.80. The highest BCUT2D eigenvalue weighted by molar-refractivity contribution is 7.18. The number of hydrogen-bond donors (Lipinski definition) is 0. The number of halogens is 1. The number of rotatable bonds is 2. The molecule has 1 aromatic rings. The molecule has 3 heteroatoms. The highest BCUT2D eigenvalue weighted by Crippen LogP contribution is 2.70. The lowest BCUT2D eigenvalue weighted by Crippen LogP contribution is -2.57. The largest absolute Gasteiger partial charge is 0.293 e. The number of ketones is 1. The maximum atomic E-state index is 13.3. The van der Waals surface area contributed by atoms with Gasteiger partial charge in [-0.2, -0.15) is 0 Å². The van der Waals surface area contributed by atoms with Gasteiger partial charge in [0.25, 0.3) is 0 Å². The Balaban J connectivity index is 1.75. The second-order valence-corrected chi connectivity index (χ2v) is 10.5. The minimum Gasteiger partial charge on any atom is -0.293 e. The summed E-state index contributed by atoms with van der Waals surface area (Å²) in [5.74, 6) is 1.15. The first kappa shape index (κ1) is 14.3. The van der Waals surface area contributed by atoms with Crippen molar-refractivity contribution in [2.24, 2.45) is 22.2 Å². The number of hydrogen-bond acceptors (Lipinski definition) is 2. The minimum absolute atomic E-state index is 0.0937. The molecule has 2 unspecified atom stereocenters. The molecule has 4 aliphatic rings. The Kier molecular flexibility index (Phi) is 2.81. The van der Waals surface area contributed by atoms with Crippen LogP contribution in [0.1, 0.15) is 67.6 Å². The molecule has 0 spiro atoms. The van der Waals surface area contributed by atoms with Gasteiger partial charge in [0, 0.05) is 5.41 Å². The van der Waals surface area contributed by atoms with Gasteiger partial charge in [-0.1, -0.05) is 25.4 Å². The summed E-state index contributed by atoms with van der Waals surface area (Å²) in [6.45, 7) is 6.84. The van der Waals surface area contributed by atoms with Gasteiger partial charge in [-0.25, -0.2) is 0 Å². The van der Waals surface area contributed by atoms with Crippen molar-refractivity contribution in [1.29, 1.82) is 0 Å². The van der Waals surface area contributed by atoms with Crippen LogP contribution in [-0.2, 0) is 0 Å². The molecule has 21 heavy (non-hydrogen) atoms. The van der Waals surface area contributed by atoms with Crippen molar-refractivity contribution >= 4 is 28.7 Å². The van der Waals surface area contributed by atoms with E-state index >= 15 is 0 Å². The van der Waals surface area contributed by atoms with Gasteiger partial charge in [-0.05, 0) is 73.8 Å². The van der Waals surface area contributed by atoms with Crippen molar-refractivity contribution in [3.8, 4) is 0 Å². The number of Topliss-reactive ketones (excluding diaryl/α,β-unsaturated/α-hetero) is 1. The standard InChI is InChI=1S/C18H23ClOS/c1-11-4-13(21-15(11)19)14(20)18-7-12-5-16(2,9-18)8-17(3,6-12)10-18/h4,12H,5-10H2,1-3H3. The quantitative estimate of drug-likeness (QED) is 0.620. The highest BCUT2D eigenvalue weighted by atomic mass is 35.5. The van der Waals surface area contributed by atoms with Crippen molar-refractivity contribution in [2.75, 3.05) is 0 Å². The third-order valence-electron chi connectivity index (χ3n) is 6.19. The van der Waals surface area contributed by atoms with E-state index in [1.807, 2.05) is 13.0 Å². The minimum atomic E-state index is -0.0937. The van der Waals surface area contributed by atoms with E-state index < -0.39 is 0 Å². The molecule has 0 N–H and O–H groups in total. The third kappa shape index (κ3) is 2.05. The molecule has 1 nitrogen and oxygen atoms in total. The van der Waals surface area contributed by atoms with Crippen molar-refractivity contribution in [3.05, 3.63) is 20.8 Å². The lowest BCUT2D eigenvalue weighted by molar-refractivity contribution is -0.125. The van der Waals surface area contributed by atoms with Crippen LogP contribution in [0.5, 0.6) is 0 Å². The van der Waals surface area contributed by atoms with Crippen LogP contribution < -0.4 is 0 Å². The molecule has 0 amide bonds. The molecular formula is C18H23ClOS. The van der Waals surface area contributed by atoms with Crippen LogP contribution >= 0.6 is 22.9 Å². The van der Waals surface area contributed by atoms with E-state index in [-0.39, 0.29) is 5.41 Å². The maximum absolute atomic E-state index is 13.3. The first-order valence-corrected chi connectivity index (χ1v) is 9.23. The van der Waals surface area contributed by atoms with Crippen LogP contribution in [0, 0.1) is 29.1 Å². The summed E-state index contributed by atoms with van der Waals surface area (Å²) in [4.78, 5) is 14.2. The van der Waals surface area contributed by atoms with E-state index in [0.717, 1.165) is 40.0 Å². The molecule has 114 valence electrons. The molecule has 4 fully saturated rings. The molecule has 0 aromatic carbocycles. The lowest BCUT2D eigenvalue weighted by atomic mass is 9.39. The van der Waals surface area contributed by atoms with Crippen LogP contribution in [-0.4, -0.2) is 5.78 Å². The van der Waals surface area contributed by atoms with E-state index in [1.54, 1.807) is 0 Å². The molecule has 0 radical (unpaired) electrons. The molecular weight excluding hydrogens is 300 g/mol. The average Bonchev–Trinajstić information content (AvgIpc) is 2.64. The molecule has 1 aromatic heterocycles.